The van der Waals surface area contributed by atoms with Crippen molar-refractivity contribution in [3.8, 4) is 11.4 Å². The summed E-state index contributed by atoms with van der Waals surface area (Å²) in [6, 6.07) is 0.580. The molecule has 21 heavy (non-hydrogen) atoms. The minimum absolute atomic E-state index is 0.580. The Bertz CT molecular complexity index is 644. The zero-order valence-electron chi connectivity index (χ0n) is 12.6. The standard InChI is InChI=1S/C16H23N5/c1-20-10-18-9-13(20)14-15(17)21(12-7-8-12)16(19-14)11-5-3-2-4-6-11/h9-12H,2-8,17H2,1H3. The normalized spacial score (nSPS) is 20.0. The van der Waals surface area contributed by atoms with Gasteiger partial charge in [0, 0.05) is 19.0 Å². The highest BCUT2D eigenvalue weighted by Crippen LogP contribution is 2.44. The second-order valence-corrected chi connectivity index (χ2v) is 6.53. The third-order valence-electron chi connectivity index (χ3n) is 4.92. The third kappa shape index (κ3) is 2.15. The molecule has 112 valence electrons. The topological polar surface area (TPSA) is 61.7 Å². The lowest BCUT2D eigenvalue weighted by molar-refractivity contribution is 0.416. The molecule has 5 heteroatoms. The van der Waals surface area contributed by atoms with Crippen molar-refractivity contribution >= 4 is 5.82 Å². The smallest absolute Gasteiger partial charge is 0.133 e. The van der Waals surface area contributed by atoms with Crippen LogP contribution in [0.3, 0.4) is 0 Å². The van der Waals surface area contributed by atoms with Gasteiger partial charge in [-0.3, -0.25) is 0 Å². The van der Waals surface area contributed by atoms with Gasteiger partial charge in [-0.1, -0.05) is 19.3 Å². The summed E-state index contributed by atoms with van der Waals surface area (Å²) in [4.78, 5) is 9.18. The molecule has 2 aromatic rings. The van der Waals surface area contributed by atoms with Crippen molar-refractivity contribution < 1.29 is 0 Å². The molecule has 2 fully saturated rings. The van der Waals surface area contributed by atoms with Crippen molar-refractivity contribution in [3.63, 3.8) is 0 Å². The largest absolute Gasteiger partial charge is 0.383 e. The highest BCUT2D eigenvalue weighted by atomic mass is 15.2. The number of imidazole rings is 2. The van der Waals surface area contributed by atoms with E-state index in [-0.39, 0.29) is 0 Å². The molecule has 2 heterocycles. The van der Waals surface area contributed by atoms with Crippen LogP contribution in [0, 0.1) is 0 Å². The van der Waals surface area contributed by atoms with Gasteiger partial charge in [0.05, 0.1) is 18.2 Å². The number of hydrogen-bond acceptors (Lipinski definition) is 3. The van der Waals surface area contributed by atoms with E-state index in [0.717, 1.165) is 17.2 Å². The van der Waals surface area contributed by atoms with E-state index in [9.17, 15) is 0 Å². The summed E-state index contributed by atoms with van der Waals surface area (Å²) in [5.41, 5.74) is 8.41. The maximum Gasteiger partial charge on any atom is 0.133 e. The molecule has 2 saturated carbocycles. The average Bonchev–Trinajstić information content (AvgIpc) is 3.16. The molecule has 0 spiro atoms. The lowest BCUT2D eigenvalue weighted by atomic mass is 9.88. The Balaban J connectivity index is 1.80. The van der Waals surface area contributed by atoms with Crippen LogP contribution in [0.4, 0.5) is 5.82 Å². The van der Waals surface area contributed by atoms with E-state index in [2.05, 4.69) is 9.55 Å². The lowest BCUT2D eigenvalue weighted by Gasteiger charge is -2.22. The van der Waals surface area contributed by atoms with E-state index in [0.29, 0.717) is 12.0 Å². The Morgan fingerprint density at radius 2 is 1.90 bits per heavy atom. The van der Waals surface area contributed by atoms with Crippen molar-refractivity contribution in [2.45, 2.75) is 56.9 Å². The van der Waals surface area contributed by atoms with Gasteiger partial charge in [-0.25, -0.2) is 9.97 Å². The van der Waals surface area contributed by atoms with Crippen LogP contribution in [0.15, 0.2) is 12.5 Å². The fourth-order valence-corrected chi connectivity index (χ4v) is 3.60. The van der Waals surface area contributed by atoms with Crippen LogP contribution in [0.1, 0.15) is 62.7 Å². The first-order valence-corrected chi connectivity index (χ1v) is 8.10. The fourth-order valence-electron chi connectivity index (χ4n) is 3.60. The van der Waals surface area contributed by atoms with Crippen LogP contribution < -0.4 is 5.73 Å². The molecular weight excluding hydrogens is 262 g/mol. The first-order chi connectivity index (χ1) is 10.3. The van der Waals surface area contributed by atoms with Crippen molar-refractivity contribution in [2.75, 3.05) is 5.73 Å². The van der Waals surface area contributed by atoms with E-state index >= 15 is 0 Å². The number of hydrogen-bond donors (Lipinski definition) is 1. The zero-order valence-corrected chi connectivity index (χ0v) is 12.6. The maximum atomic E-state index is 6.47. The minimum atomic E-state index is 0.580. The van der Waals surface area contributed by atoms with Gasteiger partial charge in [0.25, 0.3) is 0 Å². The SMILES string of the molecule is Cn1cncc1-c1nc(C2CCCCC2)n(C2CC2)c1N. The first kappa shape index (κ1) is 12.9. The first-order valence-electron chi connectivity index (χ1n) is 8.10. The third-order valence-corrected chi connectivity index (χ3v) is 4.92. The highest BCUT2D eigenvalue weighted by molar-refractivity contribution is 5.68. The quantitative estimate of drug-likeness (QED) is 0.941. The Labute approximate surface area is 125 Å². The maximum absolute atomic E-state index is 6.47. The molecule has 0 amide bonds. The average molecular weight is 285 g/mol. The Hall–Kier alpha value is -1.78. The number of aryl methyl sites for hydroxylation is 1. The molecule has 2 aliphatic rings. The number of nitrogens with zero attached hydrogens (tertiary/aromatic N) is 4. The summed E-state index contributed by atoms with van der Waals surface area (Å²) < 4.78 is 4.33. The second-order valence-electron chi connectivity index (χ2n) is 6.53. The summed E-state index contributed by atoms with van der Waals surface area (Å²) in [5, 5.41) is 0. The Morgan fingerprint density at radius 1 is 1.14 bits per heavy atom. The summed E-state index contributed by atoms with van der Waals surface area (Å²) in [6.07, 6.45) is 12.7. The van der Waals surface area contributed by atoms with Gasteiger partial charge in [0.2, 0.25) is 0 Å². The number of nitrogens with two attached hydrogens (primary N) is 1. The second kappa shape index (κ2) is 4.90. The van der Waals surface area contributed by atoms with Crippen molar-refractivity contribution in [2.24, 2.45) is 7.05 Å². The minimum Gasteiger partial charge on any atom is -0.383 e. The van der Waals surface area contributed by atoms with E-state index < -0.39 is 0 Å². The number of rotatable bonds is 3. The van der Waals surface area contributed by atoms with Crippen molar-refractivity contribution in [1.29, 1.82) is 0 Å². The van der Waals surface area contributed by atoms with Gasteiger partial charge in [0.1, 0.15) is 17.3 Å². The Morgan fingerprint density at radius 3 is 2.52 bits per heavy atom. The molecular formula is C16H23N5. The van der Waals surface area contributed by atoms with Crippen molar-refractivity contribution in [3.05, 3.63) is 18.3 Å². The predicted octanol–water partition coefficient (Wildman–Crippen LogP) is 3.25. The Kier molecular flexibility index (Phi) is 3.01. The molecule has 2 aliphatic carbocycles. The predicted molar refractivity (Wildman–Crippen MR) is 82.9 cm³/mol. The van der Waals surface area contributed by atoms with Gasteiger partial charge in [-0.05, 0) is 25.7 Å². The van der Waals surface area contributed by atoms with Gasteiger partial charge < -0.3 is 14.9 Å². The van der Waals surface area contributed by atoms with E-state index in [4.69, 9.17) is 10.7 Å². The number of aromatic nitrogens is 4. The van der Waals surface area contributed by atoms with Crippen LogP contribution in [0.5, 0.6) is 0 Å². The summed E-state index contributed by atoms with van der Waals surface area (Å²) in [6.45, 7) is 0. The molecule has 0 radical (unpaired) electrons. The van der Waals surface area contributed by atoms with Gasteiger partial charge in [-0.15, -0.1) is 0 Å². The van der Waals surface area contributed by atoms with Gasteiger partial charge in [0.15, 0.2) is 0 Å². The molecule has 0 aromatic carbocycles. The molecule has 0 unspecified atom stereocenters. The highest BCUT2D eigenvalue weighted by Gasteiger charge is 2.33. The van der Waals surface area contributed by atoms with Gasteiger partial charge in [-0.2, -0.15) is 0 Å². The molecule has 2 N–H and O–H groups in total. The fraction of sp³-hybridized carbons (Fsp3) is 0.625. The van der Waals surface area contributed by atoms with Crippen LogP contribution in [0.25, 0.3) is 11.4 Å². The van der Waals surface area contributed by atoms with Crippen molar-refractivity contribution in [1.82, 2.24) is 19.1 Å². The van der Waals surface area contributed by atoms with E-state index in [1.165, 1.54) is 50.8 Å². The van der Waals surface area contributed by atoms with Crippen LogP contribution in [-0.4, -0.2) is 19.1 Å². The molecule has 0 aliphatic heterocycles. The van der Waals surface area contributed by atoms with E-state index in [1.807, 2.05) is 24.1 Å². The summed E-state index contributed by atoms with van der Waals surface area (Å²) in [7, 11) is 2.00. The molecule has 0 atom stereocenters. The van der Waals surface area contributed by atoms with Gasteiger partial charge >= 0.3 is 0 Å². The molecule has 5 nitrogen and oxygen atoms in total. The molecule has 2 aromatic heterocycles. The number of nitrogen functional groups attached to an aromatic ring is 1. The summed E-state index contributed by atoms with van der Waals surface area (Å²) >= 11 is 0. The molecule has 0 saturated heterocycles. The number of anilines is 1. The molecule has 0 bridgehead atoms. The zero-order chi connectivity index (χ0) is 14.4. The lowest BCUT2D eigenvalue weighted by Crippen LogP contribution is -2.12. The van der Waals surface area contributed by atoms with Crippen LogP contribution >= 0.6 is 0 Å². The van der Waals surface area contributed by atoms with Crippen LogP contribution in [-0.2, 0) is 7.05 Å². The van der Waals surface area contributed by atoms with E-state index in [1.54, 1.807) is 0 Å². The monoisotopic (exact) mass is 285 g/mol. The summed E-state index contributed by atoms with van der Waals surface area (Å²) in [5.74, 6) is 2.65. The van der Waals surface area contributed by atoms with Crippen LogP contribution in [0.2, 0.25) is 0 Å². The molecule has 4 rings (SSSR count).